The molecule has 25 heavy (non-hydrogen) atoms. The van der Waals surface area contributed by atoms with Crippen molar-refractivity contribution >= 4 is 22.6 Å². The van der Waals surface area contributed by atoms with E-state index in [0.717, 1.165) is 43.4 Å². The van der Waals surface area contributed by atoms with Crippen molar-refractivity contribution in [2.75, 3.05) is 0 Å². The molecule has 2 bridgehead atoms. The molecule has 5 fully saturated rings. The first-order valence-corrected chi connectivity index (χ1v) is 11.6. The molecule has 0 nitrogen and oxygen atoms in total. The fraction of sp³-hybridized carbons (Fsp3) is 1.00. The van der Waals surface area contributed by atoms with Crippen LogP contribution in [0.15, 0.2) is 0 Å². The Morgan fingerprint density at radius 3 is 1.76 bits per heavy atom. The Bertz CT molecular complexity index is 481. The van der Waals surface area contributed by atoms with Crippen molar-refractivity contribution in [3.63, 3.8) is 0 Å². The van der Waals surface area contributed by atoms with Crippen molar-refractivity contribution in [2.45, 2.75) is 99.5 Å². The summed E-state index contributed by atoms with van der Waals surface area (Å²) in [4.78, 5) is 0. The maximum Gasteiger partial charge on any atom is 0.285 e. The summed E-state index contributed by atoms with van der Waals surface area (Å²) in [6.45, 7) is 2.35. The topological polar surface area (TPSA) is 0 Å². The van der Waals surface area contributed by atoms with E-state index in [0.29, 0.717) is 25.7 Å². The summed E-state index contributed by atoms with van der Waals surface area (Å²) in [5.41, 5.74) is -1.04. The number of hydrogen-bond donors (Lipinski definition) is 0. The van der Waals surface area contributed by atoms with E-state index in [9.17, 15) is 4.39 Å². The first-order valence-electron chi connectivity index (χ1n) is 10.5. The predicted octanol–water partition coefficient (Wildman–Crippen LogP) is 7.34. The maximum absolute atomic E-state index is 15.1. The Hall–Kier alpha value is 0.520. The molecule has 1 unspecified atom stereocenters. The van der Waals surface area contributed by atoms with Crippen LogP contribution >= 0.6 is 22.6 Å². The Labute approximate surface area is 164 Å². The Kier molecular flexibility index (Phi) is 4.94. The largest absolute Gasteiger partial charge is 0.285 e. The Morgan fingerprint density at radius 2 is 1.24 bits per heavy atom. The molecule has 0 aromatic carbocycles. The lowest BCUT2D eigenvalue weighted by Gasteiger charge is -2.61. The van der Waals surface area contributed by atoms with Crippen molar-refractivity contribution in [3.05, 3.63) is 0 Å². The SMILES string of the molecule is CC1CCC(C2CCC(C34CCC(I)(CC3)C(F)C4(F)F)CC2)CC1. The van der Waals surface area contributed by atoms with Gasteiger partial charge in [0.1, 0.15) is 0 Å². The van der Waals surface area contributed by atoms with E-state index < -0.39 is 20.9 Å². The van der Waals surface area contributed by atoms with Crippen molar-refractivity contribution in [2.24, 2.45) is 29.1 Å². The molecular formula is C21H32F3I. The minimum absolute atomic E-state index is 0.0424. The maximum atomic E-state index is 15.1. The van der Waals surface area contributed by atoms with Gasteiger partial charge in [0.05, 0.1) is 3.42 Å². The second-order valence-corrected chi connectivity index (χ2v) is 12.0. The average Bonchev–Trinajstić information content (AvgIpc) is 2.61. The zero-order valence-electron chi connectivity index (χ0n) is 15.4. The van der Waals surface area contributed by atoms with E-state index in [1.165, 1.54) is 25.7 Å². The molecule has 0 aromatic rings. The fourth-order valence-electron chi connectivity index (χ4n) is 6.86. The third kappa shape index (κ3) is 2.90. The minimum atomic E-state index is -3.12. The summed E-state index contributed by atoms with van der Waals surface area (Å²) in [6.07, 6.45) is 9.81. The highest BCUT2D eigenvalue weighted by Gasteiger charge is 2.72. The highest BCUT2D eigenvalue weighted by atomic mass is 127. The molecular weight excluding hydrogens is 436 g/mol. The molecule has 5 aliphatic carbocycles. The van der Waals surface area contributed by atoms with Gasteiger partial charge in [-0.25, -0.2) is 13.2 Å². The molecule has 1 atom stereocenters. The van der Waals surface area contributed by atoms with Gasteiger partial charge in [-0.05, 0) is 87.9 Å². The number of alkyl halides is 4. The quantitative estimate of drug-likeness (QED) is 0.294. The zero-order chi connectivity index (χ0) is 17.9. The van der Waals surface area contributed by atoms with E-state index in [-0.39, 0.29) is 5.92 Å². The van der Waals surface area contributed by atoms with Gasteiger partial charge in [0, 0.05) is 5.41 Å². The van der Waals surface area contributed by atoms with Gasteiger partial charge in [-0.15, -0.1) is 0 Å². The lowest BCUT2D eigenvalue weighted by molar-refractivity contribution is -0.252. The minimum Gasteiger partial charge on any atom is -0.239 e. The number of halogens is 4. The van der Waals surface area contributed by atoms with E-state index in [1.54, 1.807) is 0 Å². The van der Waals surface area contributed by atoms with Crippen molar-refractivity contribution < 1.29 is 13.2 Å². The molecule has 0 N–H and O–H groups in total. The molecule has 5 aliphatic rings. The van der Waals surface area contributed by atoms with Crippen LogP contribution in [0.5, 0.6) is 0 Å². The molecule has 5 rings (SSSR count). The van der Waals surface area contributed by atoms with Crippen molar-refractivity contribution in [3.8, 4) is 0 Å². The summed E-state index contributed by atoms with van der Waals surface area (Å²) in [5, 5.41) is 0. The number of fused-ring (bicyclic) bond motifs is 3. The number of hydrogen-bond acceptors (Lipinski definition) is 0. The van der Waals surface area contributed by atoms with Crippen LogP contribution in [0.4, 0.5) is 13.2 Å². The second-order valence-electron chi connectivity index (χ2n) is 9.81. The fourth-order valence-corrected chi connectivity index (χ4v) is 7.79. The standard InChI is InChI=1S/C21H32F3I/c1-14-2-4-15(5-3-14)16-6-8-17(9-7-16)19-10-12-20(25,13-11-19)18(22)21(19,23)24/h14-18H,2-13H2,1H3. The molecule has 4 heteroatoms. The van der Waals surface area contributed by atoms with E-state index in [2.05, 4.69) is 6.92 Å². The third-order valence-corrected chi connectivity index (χ3v) is 10.3. The van der Waals surface area contributed by atoms with E-state index >= 15 is 8.78 Å². The van der Waals surface area contributed by atoms with E-state index in [1.807, 2.05) is 22.6 Å². The molecule has 0 amide bonds. The third-order valence-electron chi connectivity index (χ3n) is 8.69. The lowest BCUT2D eigenvalue weighted by atomic mass is 9.50. The van der Waals surface area contributed by atoms with Crippen LogP contribution in [-0.4, -0.2) is 15.5 Å². The molecule has 0 spiro atoms. The smallest absolute Gasteiger partial charge is 0.239 e. The van der Waals surface area contributed by atoms with Gasteiger partial charge in [-0.2, -0.15) is 0 Å². The summed E-state index contributed by atoms with van der Waals surface area (Å²) in [6, 6.07) is 0. The summed E-state index contributed by atoms with van der Waals surface area (Å²) < 4.78 is 44.1. The van der Waals surface area contributed by atoms with E-state index in [4.69, 9.17) is 0 Å². The molecule has 0 saturated heterocycles. The second kappa shape index (κ2) is 6.55. The number of rotatable bonds is 2. The van der Waals surface area contributed by atoms with Crippen LogP contribution in [0, 0.1) is 29.1 Å². The molecule has 0 aliphatic heterocycles. The van der Waals surface area contributed by atoms with Crippen LogP contribution < -0.4 is 0 Å². The van der Waals surface area contributed by atoms with Crippen LogP contribution in [0.3, 0.4) is 0 Å². The normalized spacial score (nSPS) is 52.9. The van der Waals surface area contributed by atoms with Gasteiger partial charge in [0.25, 0.3) is 5.92 Å². The van der Waals surface area contributed by atoms with Gasteiger partial charge in [0.2, 0.25) is 0 Å². The first-order chi connectivity index (χ1) is 11.8. The summed E-state index contributed by atoms with van der Waals surface area (Å²) in [7, 11) is 0. The monoisotopic (exact) mass is 468 g/mol. The van der Waals surface area contributed by atoms with Gasteiger partial charge in [0.15, 0.2) is 6.17 Å². The van der Waals surface area contributed by atoms with Gasteiger partial charge in [-0.3, -0.25) is 0 Å². The molecule has 5 saturated carbocycles. The van der Waals surface area contributed by atoms with Crippen molar-refractivity contribution in [1.29, 1.82) is 0 Å². The average molecular weight is 468 g/mol. The van der Waals surface area contributed by atoms with Crippen LogP contribution in [0.25, 0.3) is 0 Å². The van der Waals surface area contributed by atoms with Crippen molar-refractivity contribution in [1.82, 2.24) is 0 Å². The van der Waals surface area contributed by atoms with Gasteiger partial charge < -0.3 is 0 Å². The summed E-state index contributed by atoms with van der Waals surface area (Å²) in [5.74, 6) is -0.650. The van der Waals surface area contributed by atoms with Gasteiger partial charge in [-0.1, -0.05) is 42.4 Å². The lowest BCUT2D eigenvalue weighted by Crippen LogP contribution is -2.67. The molecule has 0 aromatic heterocycles. The zero-order valence-corrected chi connectivity index (χ0v) is 17.5. The van der Waals surface area contributed by atoms with Crippen LogP contribution in [0.1, 0.15) is 84.0 Å². The molecule has 144 valence electrons. The van der Waals surface area contributed by atoms with Gasteiger partial charge >= 0.3 is 0 Å². The van der Waals surface area contributed by atoms with Crippen LogP contribution in [-0.2, 0) is 0 Å². The first kappa shape index (κ1) is 18.9. The van der Waals surface area contributed by atoms with Crippen LogP contribution in [0.2, 0.25) is 0 Å². The summed E-state index contributed by atoms with van der Waals surface area (Å²) >= 11 is 2.00. The molecule has 0 heterocycles. The highest BCUT2D eigenvalue weighted by Crippen LogP contribution is 2.68. The predicted molar refractivity (Wildman–Crippen MR) is 104 cm³/mol. The molecule has 0 radical (unpaired) electrons. The highest BCUT2D eigenvalue weighted by molar-refractivity contribution is 14.1. The Balaban J connectivity index is 1.44. The Morgan fingerprint density at radius 1 is 0.760 bits per heavy atom.